The number of hydrogen-bond donors (Lipinski definition) is 0. The standard InChI is InChI=1S/C57H110O6/c1-5-8-10-12-14-16-18-20-22-23-24-25-26-28-30-32-37-41-45-49-56(59)62-52-54(63-57(60)50-46-42-38-34-33-35-39-43-47-53(4)7-3)51-61-55(58)48-44-40-36-31-29-27-21-19-17-15-13-11-9-6-2/h53-54H,5-52H2,1-4H3/t53?,54-/m0/s1. The first-order chi connectivity index (χ1) is 30.9. The number of rotatable bonds is 52. The van der Waals surface area contributed by atoms with E-state index in [1.807, 2.05) is 0 Å². The first-order valence-corrected chi connectivity index (χ1v) is 28.4. The van der Waals surface area contributed by atoms with E-state index in [-0.39, 0.29) is 31.1 Å². The van der Waals surface area contributed by atoms with Crippen molar-refractivity contribution in [1.29, 1.82) is 0 Å². The Morgan fingerprint density at radius 3 is 0.825 bits per heavy atom. The average molecular weight is 892 g/mol. The normalized spacial score (nSPS) is 12.4. The Labute approximate surface area is 393 Å². The molecule has 63 heavy (non-hydrogen) atoms. The van der Waals surface area contributed by atoms with Gasteiger partial charge >= 0.3 is 17.9 Å². The molecule has 0 aliphatic carbocycles. The number of hydrogen-bond acceptors (Lipinski definition) is 6. The van der Waals surface area contributed by atoms with Crippen molar-refractivity contribution in [2.24, 2.45) is 5.92 Å². The van der Waals surface area contributed by atoms with Gasteiger partial charge in [-0.05, 0) is 25.2 Å². The summed E-state index contributed by atoms with van der Waals surface area (Å²) in [4.78, 5) is 38.1. The highest BCUT2D eigenvalue weighted by Crippen LogP contribution is 2.18. The van der Waals surface area contributed by atoms with Crippen LogP contribution in [0.25, 0.3) is 0 Å². The maximum Gasteiger partial charge on any atom is 0.306 e. The highest BCUT2D eigenvalue weighted by atomic mass is 16.6. The van der Waals surface area contributed by atoms with E-state index in [1.165, 1.54) is 218 Å². The van der Waals surface area contributed by atoms with Crippen LogP contribution in [0.1, 0.15) is 323 Å². The lowest BCUT2D eigenvalue weighted by Gasteiger charge is -2.18. The second-order valence-electron chi connectivity index (χ2n) is 19.8. The maximum absolute atomic E-state index is 12.8. The Morgan fingerprint density at radius 1 is 0.317 bits per heavy atom. The van der Waals surface area contributed by atoms with Crippen molar-refractivity contribution in [3.63, 3.8) is 0 Å². The third-order valence-corrected chi connectivity index (χ3v) is 13.4. The minimum Gasteiger partial charge on any atom is -0.462 e. The van der Waals surface area contributed by atoms with Crippen LogP contribution < -0.4 is 0 Å². The Kier molecular flexibility index (Phi) is 50.1. The van der Waals surface area contributed by atoms with Gasteiger partial charge in [-0.25, -0.2) is 0 Å². The smallest absolute Gasteiger partial charge is 0.306 e. The second-order valence-corrected chi connectivity index (χ2v) is 19.8. The van der Waals surface area contributed by atoms with Crippen molar-refractivity contribution in [2.75, 3.05) is 13.2 Å². The molecule has 0 aromatic carbocycles. The van der Waals surface area contributed by atoms with Gasteiger partial charge < -0.3 is 14.2 Å². The molecule has 6 heteroatoms. The molecule has 1 unspecified atom stereocenters. The third kappa shape index (κ3) is 49.7. The Hall–Kier alpha value is -1.59. The fourth-order valence-corrected chi connectivity index (χ4v) is 8.72. The first kappa shape index (κ1) is 61.4. The molecule has 0 aliphatic heterocycles. The predicted octanol–water partition coefficient (Wildman–Crippen LogP) is 18.6. The summed E-state index contributed by atoms with van der Waals surface area (Å²) in [5.41, 5.74) is 0. The van der Waals surface area contributed by atoms with Crippen molar-refractivity contribution >= 4 is 17.9 Å². The monoisotopic (exact) mass is 891 g/mol. The van der Waals surface area contributed by atoms with Gasteiger partial charge in [0.1, 0.15) is 13.2 Å². The van der Waals surface area contributed by atoms with E-state index in [4.69, 9.17) is 14.2 Å². The summed E-state index contributed by atoms with van der Waals surface area (Å²) >= 11 is 0. The van der Waals surface area contributed by atoms with Crippen molar-refractivity contribution in [2.45, 2.75) is 329 Å². The molecule has 0 aromatic heterocycles. The molecular weight excluding hydrogens is 781 g/mol. The minimum absolute atomic E-state index is 0.0626. The quantitative estimate of drug-likeness (QED) is 0.0344. The van der Waals surface area contributed by atoms with Gasteiger partial charge in [0.2, 0.25) is 0 Å². The molecule has 6 nitrogen and oxygen atoms in total. The molecule has 0 saturated carbocycles. The fraction of sp³-hybridized carbons (Fsp3) is 0.947. The summed E-state index contributed by atoms with van der Waals surface area (Å²) in [5, 5.41) is 0. The molecule has 0 rings (SSSR count). The van der Waals surface area contributed by atoms with Gasteiger partial charge in [-0.3, -0.25) is 14.4 Å². The molecule has 0 N–H and O–H groups in total. The van der Waals surface area contributed by atoms with Gasteiger partial charge in [-0.15, -0.1) is 0 Å². The molecule has 374 valence electrons. The van der Waals surface area contributed by atoms with E-state index in [0.29, 0.717) is 19.3 Å². The summed E-state index contributed by atoms with van der Waals surface area (Å²) in [7, 11) is 0. The van der Waals surface area contributed by atoms with E-state index >= 15 is 0 Å². The molecule has 0 fully saturated rings. The highest BCUT2D eigenvalue weighted by Gasteiger charge is 2.19. The lowest BCUT2D eigenvalue weighted by atomic mass is 9.99. The van der Waals surface area contributed by atoms with Crippen LogP contribution in [0.2, 0.25) is 0 Å². The molecule has 0 amide bonds. The number of carbonyl (C=O) groups excluding carboxylic acids is 3. The van der Waals surface area contributed by atoms with Crippen LogP contribution in [-0.2, 0) is 28.6 Å². The van der Waals surface area contributed by atoms with Crippen LogP contribution in [0.15, 0.2) is 0 Å². The number of esters is 3. The van der Waals surface area contributed by atoms with Gasteiger partial charge in [0, 0.05) is 19.3 Å². The average Bonchev–Trinajstić information content (AvgIpc) is 3.28. The molecule has 2 atom stereocenters. The molecule has 0 aromatic rings. The third-order valence-electron chi connectivity index (χ3n) is 13.4. The summed E-state index contributed by atoms with van der Waals surface area (Å²) in [6.07, 6.45) is 55.2. The Morgan fingerprint density at radius 2 is 0.556 bits per heavy atom. The van der Waals surface area contributed by atoms with E-state index < -0.39 is 6.10 Å². The zero-order valence-corrected chi connectivity index (χ0v) is 43.0. The zero-order chi connectivity index (χ0) is 45.9. The van der Waals surface area contributed by atoms with Crippen LogP contribution in [-0.4, -0.2) is 37.2 Å². The molecule has 0 bridgehead atoms. The fourth-order valence-electron chi connectivity index (χ4n) is 8.72. The van der Waals surface area contributed by atoms with Gasteiger partial charge in [-0.2, -0.15) is 0 Å². The number of ether oxygens (including phenoxy) is 3. The van der Waals surface area contributed by atoms with Gasteiger partial charge in [0.15, 0.2) is 6.10 Å². The largest absolute Gasteiger partial charge is 0.462 e. The van der Waals surface area contributed by atoms with Crippen molar-refractivity contribution in [1.82, 2.24) is 0 Å². The van der Waals surface area contributed by atoms with Crippen LogP contribution in [0.5, 0.6) is 0 Å². The summed E-state index contributed by atoms with van der Waals surface area (Å²) in [6.45, 7) is 9.05. The van der Waals surface area contributed by atoms with Gasteiger partial charge in [0.25, 0.3) is 0 Å². The topological polar surface area (TPSA) is 78.9 Å². The van der Waals surface area contributed by atoms with Crippen LogP contribution in [0.3, 0.4) is 0 Å². The SMILES string of the molecule is CCCCCCCCCCCCCCCCCCCCCC(=O)OC[C@H](COC(=O)CCCCCCCCCCCCCCCC)OC(=O)CCCCCCCCCCC(C)CC. The lowest BCUT2D eigenvalue weighted by Crippen LogP contribution is -2.30. The molecule has 0 heterocycles. The number of carbonyl (C=O) groups is 3. The second kappa shape index (κ2) is 51.4. The summed E-state index contributed by atoms with van der Waals surface area (Å²) in [5.74, 6) is 0.00489. The van der Waals surface area contributed by atoms with Crippen molar-refractivity contribution in [3.05, 3.63) is 0 Å². The molecule has 0 spiro atoms. The first-order valence-electron chi connectivity index (χ1n) is 28.4. The van der Waals surface area contributed by atoms with Crippen LogP contribution in [0.4, 0.5) is 0 Å². The minimum atomic E-state index is -0.762. The van der Waals surface area contributed by atoms with E-state index in [1.54, 1.807) is 0 Å². The Bertz CT molecular complexity index is 951. The Balaban J connectivity index is 4.25. The predicted molar refractivity (Wildman–Crippen MR) is 270 cm³/mol. The molecular formula is C57H110O6. The van der Waals surface area contributed by atoms with Crippen LogP contribution in [0, 0.1) is 5.92 Å². The van der Waals surface area contributed by atoms with Gasteiger partial charge in [-0.1, -0.05) is 285 Å². The van der Waals surface area contributed by atoms with E-state index in [0.717, 1.165) is 63.7 Å². The van der Waals surface area contributed by atoms with Gasteiger partial charge in [0.05, 0.1) is 0 Å². The molecule has 0 aliphatic rings. The zero-order valence-electron chi connectivity index (χ0n) is 43.0. The maximum atomic E-state index is 12.8. The van der Waals surface area contributed by atoms with Crippen molar-refractivity contribution in [3.8, 4) is 0 Å². The molecule has 0 radical (unpaired) electrons. The summed E-state index contributed by atoms with van der Waals surface area (Å²) < 4.78 is 16.9. The molecule has 0 saturated heterocycles. The number of unbranched alkanes of at least 4 members (excludes halogenated alkanes) is 38. The highest BCUT2D eigenvalue weighted by molar-refractivity contribution is 5.71. The lowest BCUT2D eigenvalue weighted by molar-refractivity contribution is -0.167. The summed E-state index contributed by atoms with van der Waals surface area (Å²) in [6, 6.07) is 0. The van der Waals surface area contributed by atoms with E-state index in [9.17, 15) is 14.4 Å². The van der Waals surface area contributed by atoms with Crippen molar-refractivity contribution < 1.29 is 28.6 Å². The van der Waals surface area contributed by atoms with E-state index in [2.05, 4.69) is 27.7 Å². The van der Waals surface area contributed by atoms with Crippen LogP contribution >= 0.6 is 0 Å².